The Bertz CT molecular complexity index is 341. The first-order chi connectivity index (χ1) is 8.02. The normalized spacial score (nSPS) is 13.1. The lowest BCUT2D eigenvalue weighted by molar-refractivity contribution is 0.422. The van der Waals surface area contributed by atoms with Crippen LogP contribution in [-0.4, -0.2) is 13.1 Å². The van der Waals surface area contributed by atoms with Crippen LogP contribution in [0.4, 0.5) is 0 Å². The lowest BCUT2D eigenvalue weighted by atomic mass is 9.96. The molecule has 96 valence electrons. The van der Waals surface area contributed by atoms with E-state index >= 15 is 0 Å². The Labute approximate surface area is 107 Å². The molecule has 1 aromatic rings. The van der Waals surface area contributed by atoms with Gasteiger partial charge in [0.1, 0.15) is 0 Å². The molecule has 1 N–H and O–H groups in total. The van der Waals surface area contributed by atoms with Crippen LogP contribution in [0.5, 0.6) is 0 Å². The minimum Gasteiger partial charge on any atom is -0.317 e. The summed E-state index contributed by atoms with van der Waals surface area (Å²) in [6, 6.07) is 7.49. The van der Waals surface area contributed by atoms with Gasteiger partial charge in [-0.1, -0.05) is 32.0 Å². The number of rotatable bonds is 6. The first-order valence-electron chi connectivity index (χ1n) is 6.76. The van der Waals surface area contributed by atoms with Crippen LogP contribution in [0.2, 0.25) is 0 Å². The summed E-state index contributed by atoms with van der Waals surface area (Å²) in [6.45, 7) is 8.96. The van der Waals surface area contributed by atoms with E-state index in [9.17, 15) is 0 Å². The van der Waals surface area contributed by atoms with E-state index in [1.54, 1.807) is 0 Å². The van der Waals surface area contributed by atoms with Gasteiger partial charge in [-0.15, -0.1) is 0 Å². The molecule has 0 amide bonds. The van der Waals surface area contributed by atoms with Crippen molar-refractivity contribution in [2.75, 3.05) is 7.05 Å². The Hall–Kier alpha value is -0.820. The first-order valence-corrected chi connectivity index (χ1v) is 6.76. The molecule has 0 aliphatic carbocycles. The highest BCUT2D eigenvalue weighted by Gasteiger charge is 2.08. The van der Waals surface area contributed by atoms with Crippen molar-refractivity contribution >= 4 is 0 Å². The number of hydrogen-bond donors (Lipinski definition) is 1. The van der Waals surface area contributed by atoms with E-state index in [0.717, 1.165) is 5.92 Å². The Morgan fingerprint density at radius 1 is 1.12 bits per heavy atom. The van der Waals surface area contributed by atoms with Crippen molar-refractivity contribution < 1.29 is 0 Å². The van der Waals surface area contributed by atoms with E-state index in [-0.39, 0.29) is 0 Å². The number of nitrogens with one attached hydrogen (secondary N) is 1. The van der Waals surface area contributed by atoms with E-state index < -0.39 is 0 Å². The van der Waals surface area contributed by atoms with Crippen LogP contribution in [0, 0.1) is 19.8 Å². The van der Waals surface area contributed by atoms with E-state index in [1.807, 2.05) is 0 Å². The molecular formula is C16H27N. The van der Waals surface area contributed by atoms with Gasteiger partial charge in [-0.3, -0.25) is 0 Å². The van der Waals surface area contributed by atoms with Crippen LogP contribution >= 0.6 is 0 Å². The maximum atomic E-state index is 3.43. The molecule has 0 radical (unpaired) electrons. The summed E-state index contributed by atoms with van der Waals surface area (Å²) in [5, 5.41) is 3.43. The van der Waals surface area contributed by atoms with Gasteiger partial charge in [0.15, 0.2) is 0 Å². The van der Waals surface area contributed by atoms with Crippen LogP contribution in [0.1, 0.15) is 43.4 Å². The lowest BCUT2D eigenvalue weighted by Crippen LogP contribution is -2.27. The molecule has 0 spiro atoms. The maximum Gasteiger partial charge on any atom is 0.00696 e. The molecule has 0 saturated carbocycles. The average molecular weight is 233 g/mol. The molecule has 0 aliphatic heterocycles. The number of benzene rings is 1. The number of aryl methyl sites for hydroxylation is 3. The minimum atomic E-state index is 0.650. The van der Waals surface area contributed by atoms with Gasteiger partial charge in [0, 0.05) is 6.04 Å². The van der Waals surface area contributed by atoms with E-state index in [0.29, 0.717) is 6.04 Å². The first kappa shape index (κ1) is 14.2. The largest absolute Gasteiger partial charge is 0.317 e. The van der Waals surface area contributed by atoms with E-state index in [4.69, 9.17) is 0 Å². The monoisotopic (exact) mass is 233 g/mol. The van der Waals surface area contributed by atoms with Crippen LogP contribution in [-0.2, 0) is 6.42 Å². The second-order valence-electron chi connectivity index (χ2n) is 5.57. The zero-order chi connectivity index (χ0) is 12.8. The van der Waals surface area contributed by atoms with Crippen molar-refractivity contribution in [2.45, 2.75) is 53.0 Å². The van der Waals surface area contributed by atoms with Gasteiger partial charge in [-0.2, -0.15) is 0 Å². The summed E-state index contributed by atoms with van der Waals surface area (Å²) in [5.41, 5.74) is 4.27. The molecule has 1 heteroatoms. The van der Waals surface area contributed by atoms with Gasteiger partial charge in [0.05, 0.1) is 0 Å². The predicted molar refractivity (Wildman–Crippen MR) is 76.5 cm³/mol. The van der Waals surface area contributed by atoms with Gasteiger partial charge >= 0.3 is 0 Å². The molecule has 0 bridgehead atoms. The van der Waals surface area contributed by atoms with Crippen molar-refractivity contribution in [2.24, 2.45) is 5.92 Å². The van der Waals surface area contributed by atoms with Crippen LogP contribution in [0.3, 0.4) is 0 Å². The lowest BCUT2D eigenvalue weighted by Gasteiger charge is -2.18. The SMILES string of the molecule is CNC(CCc1ccc(C)c(C)c1)CC(C)C. The summed E-state index contributed by atoms with van der Waals surface area (Å²) >= 11 is 0. The molecule has 1 aromatic carbocycles. The third-order valence-electron chi connectivity index (χ3n) is 3.52. The highest BCUT2D eigenvalue weighted by molar-refractivity contribution is 5.29. The molecule has 0 aromatic heterocycles. The molecule has 17 heavy (non-hydrogen) atoms. The Kier molecular flexibility index (Phi) is 5.70. The summed E-state index contributed by atoms with van der Waals surface area (Å²) in [5.74, 6) is 0.771. The van der Waals surface area contributed by atoms with Crippen molar-refractivity contribution in [3.05, 3.63) is 34.9 Å². The van der Waals surface area contributed by atoms with Gasteiger partial charge in [0.25, 0.3) is 0 Å². The molecule has 0 saturated heterocycles. The summed E-state index contributed by atoms with van der Waals surface area (Å²) in [4.78, 5) is 0. The standard InChI is InChI=1S/C16H27N/c1-12(2)10-16(17-5)9-8-15-7-6-13(3)14(4)11-15/h6-7,11-12,16-17H,8-10H2,1-5H3. The van der Waals surface area contributed by atoms with Crippen molar-refractivity contribution in [3.8, 4) is 0 Å². The maximum absolute atomic E-state index is 3.43. The molecular weight excluding hydrogens is 206 g/mol. The number of hydrogen-bond acceptors (Lipinski definition) is 1. The van der Waals surface area contributed by atoms with E-state index in [1.165, 1.54) is 36.0 Å². The predicted octanol–water partition coefficient (Wildman–Crippen LogP) is 3.87. The van der Waals surface area contributed by atoms with Crippen LogP contribution < -0.4 is 5.32 Å². The van der Waals surface area contributed by atoms with Gasteiger partial charge in [-0.25, -0.2) is 0 Å². The molecule has 0 aliphatic rings. The summed E-state index contributed by atoms with van der Waals surface area (Å²) in [7, 11) is 2.08. The van der Waals surface area contributed by atoms with Crippen molar-refractivity contribution in [1.82, 2.24) is 5.32 Å². The quantitative estimate of drug-likeness (QED) is 0.786. The Balaban J connectivity index is 2.50. The third-order valence-corrected chi connectivity index (χ3v) is 3.52. The fourth-order valence-electron chi connectivity index (χ4n) is 2.25. The summed E-state index contributed by atoms with van der Waals surface area (Å²) < 4.78 is 0. The van der Waals surface area contributed by atoms with Gasteiger partial charge < -0.3 is 5.32 Å². The fraction of sp³-hybridized carbons (Fsp3) is 0.625. The summed E-state index contributed by atoms with van der Waals surface area (Å²) in [6.07, 6.45) is 3.68. The highest BCUT2D eigenvalue weighted by atomic mass is 14.9. The smallest absolute Gasteiger partial charge is 0.00696 e. The topological polar surface area (TPSA) is 12.0 Å². The molecule has 1 atom stereocenters. The fourth-order valence-corrected chi connectivity index (χ4v) is 2.25. The van der Waals surface area contributed by atoms with Crippen LogP contribution in [0.25, 0.3) is 0 Å². The second-order valence-corrected chi connectivity index (χ2v) is 5.57. The second kappa shape index (κ2) is 6.80. The van der Waals surface area contributed by atoms with Gasteiger partial charge in [-0.05, 0) is 62.8 Å². The van der Waals surface area contributed by atoms with Crippen molar-refractivity contribution in [3.63, 3.8) is 0 Å². The average Bonchev–Trinajstić information content (AvgIpc) is 2.28. The highest BCUT2D eigenvalue weighted by Crippen LogP contribution is 2.14. The molecule has 1 rings (SSSR count). The zero-order valence-corrected chi connectivity index (χ0v) is 12.0. The van der Waals surface area contributed by atoms with Crippen LogP contribution in [0.15, 0.2) is 18.2 Å². The molecule has 1 nitrogen and oxygen atoms in total. The Morgan fingerprint density at radius 2 is 1.82 bits per heavy atom. The van der Waals surface area contributed by atoms with Crippen molar-refractivity contribution in [1.29, 1.82) is 0 Å². The molecule has 0 heterocycles. The molecule has 1 unspecified atom stereocenters. The third kappa shape index (κ3) is 4.91. The van der Waals surface area contributed by atoms with E-state index in [2.05, 4.69) is 58.3 Å². The molecule has 0 fully saturated rings. The Morgan fingerprint density at radius 3 is 2.35 bits per heavy atom. The van der Waals surface area contributed by atoms with Gasteiger partial charge in [0.2, 0.25) is 0 Å². The zero-order valence-electron chi connectivity index (χ0n) is 12.0. The minimum absolute atomic E-state index is 0.650.